The number of methoxy groups -OCH3 is 1. The molecule has 0 saturated heterocycles. The minimum atomic E-state index is -0.305. The van der Waals surface area contributed by atoms with Gasteiger partial charge in [-0.1, -0.05) is 12.1 Å². The number of nitrogens with zero attached hydrogens (tertiary/aromatic N) is 1. The van der Waals surface area contributed by atoms with E-state index in [1.54, 1.807) is 13.2 Å². The first-order valence-electron chi connectivity index (χ1n) is 4.96. The molecule has 0 amide bonds. The molecule has 1 aliphatic carbocycles. The predicted molar refractivity (Wildman–Crippen MR) is 56.8 cm³/mol. The van der Waals surface area contributed by atoms with Crippen LogP contribution in [0.4, 0.5) is 0 Å². The number of rotatable bonds is 3. The molecule has 0 radical (unpaired) electrons. The zero-order valence-electron chi connectivity index (χ0n) is 8.91. The zero-order chi connectivity index (χ0) is 10.9. The van der Waals surface area contributed by atoms with Gasteiger partial charge in [0.15, 0.2) is 0 Å². The van der Waals surface area contributed by atoms with Gasteiger partial charge in [-0.2, -0.15) is 4.99 Å². The molecule has 78 valence electrons. The van der Waals surface area contributed by atoms with Crippen molar-refractivity contribution in [3.05, 3.63) is 29.3 Å². The number of ether oxygens (including phenoxy) is 1. The Balaban J connectivity index is 2.49. The van der Waals surface area contributed by atoms with E-state index in [0.29, 0.717) is 0 Å². The Morgan fingerprint density at radius 1 is 1.47 bits per heavy atom. The predicted octanol–water partition coefficient (Wildman–Crippen LogP) is 2.33. The Morgan fingerprint density at radius 3 is 2.73 bits per heavy atom. The highest BCUT2D eigenvalue weighted by Crippen LogP contribution is 2.51. The largest absolute Gasteiger partial charge is 0.496 e. The van der Waals surface area contributed by atoms with Gasteiger partial charge < -0.3 is 4.74 Å². The summed E-state index contributed by atoms with van der Waals surface area (Å²) in [6.45, 7) is 1.99. The summed E-state index contributed by atoms with van der Waals surface area (Å²) in [7, 11) is 1.65. The maximum Gasteiger partial charge on any atom is 0.235 e. The topological polar surface area (TPSA) is 38.7 Å². The number of benzene rings is 1. The molecule has 1 fully saturated rings. The minimum absolute atomic E-state index is 0.305. The van der Waals surface area contributed by atoms with Crippen molar-refractivity contribution < 1.29 is 9.53 Å². The van der Waals surface area contributed by atoms with Crippen molar-refractivity contribution >= 4 is 6.08 Å². The summed E-state index contributed by atoms with van der Waals surface area (Å²) in [6, 6.07) is 5.85. The third-order valence-corrected chi connectivity index (χ3v) is 2.99. The summed E-state index contributed by atoms with van der Waals surface area (Å²) in [5, 5.41) is 0. The summed E-state index contributed by atoms with van der Waals surface area (Å²) < 4.78 is 5.25. The summed E-state index contributed by atoms with van der Waals surface area (Å²) in [5.41, 5.74) is 1.85. The van der Waals surface area contributed by atoms with Gasteiger partial charge in [0.25, 0.3) is 0 Å². The van der Waals surface area contributed by atoms with E-state index in [9.17, 15) is 4.79 Å². The van der Waals surface area contributed by atoms with Gasteiger partial charge in [0.05, 0.1) is 12.6 Å². The van der Waals surface area contributed by atoms with E-state index >= 15 is 0 Å². The van der Waals surface area contributed by atoms with Crippen LogP contribution in [0.1, 0.15) is 24.0 Å². The SMILES string of the molecule is COc1cccc(C2(N=C=O)CC2)c1C. The van der Waals surface area contributed by atoms with Crippen molar-refractivity contribution in [1.29, 1.82) is 0 Å². The van der Waals surface area contributed by atoms with Crippen LogP contribution in [-0.4, -0.2) is 13.2 Å². The lowest BCUT2D eigenvalue weighted by atomic mass is 9.99. The van der Waals surface area contributed by atoms with Crippen molar-refractivity contribution in [3.63, 3.8) is 0 Å². The highest BCUT2D eigenvalue weighted by molar-refractivity contribution is 5.48. The van der Waals surface area contributed by atoms with Gasteiger partial charge in [-0.25, -0.2) is 4.79 Å². The molecule has 15 heavy (non-hydrogen) atoms. The second kappa shape index (κ2) is 3.52. The first-order valence-corrected chi connectivity index (χ1v) is 4.96. The minimum Gasteiger partial charge on any atom is -0.496 e. The van der Waals surface area contributed by atoms with Crippen LogP contribution in [0.25, 0.3) is 0 Å². The summed E-state index contributed by atoms with van der Waals surface area (Å²) in [6.07, 6.45) is 3.52. The molecule has 1 aromatic rings. The van der Waals surface area contributed by atoms with Gasteiger partial charge in [0, 0.05) is 0 Å². The highest BCUT2D eigenvalue weighted by Gasteiger charge is 2.46. The molecule has 0 N–H and O–H groups in total. The van der Waals surface area contributed by atoms with Crippen molar-refractivity contribution in [3.8, 4) is 5.75 Å². The van der Waals surface area contributed by atoms with Gasteiger partial charge in [-0.3, -0.25) is 0 Å². The van der Waals surface area contributed by atoms with Gasteiger partial charge >= 0.3 is 0 Å². The van der Waals surface area contributed by atoms with Crippen molar-refractivity contribution in [1.82, 2.24) is 0 Å². The van der Waals surface area contributed by atoms with Crippen LogP contribution in [-0.2, 0) is 10.3 Å². The zero-order valence-corrected chi connectivity index (χ0v) is 8.91. The van der Waals surface area contributed by atoms with Crippen LogP contribution in [0, 0.1) is 6.92 Å². The second-order valence-electron chi connectivity index (χ2n) is 3.87. The van der Waals surface area contributed by atoms with Crippen molar-refractivity contribution in [2.24, 2.45) is 4.99 Å². The Morgan fingerprint density at radius 2 is 2.20 bits per heavy atom. The van der Waals surface area contributed by atoms with Crippen molar-refractivity contribution in [2.75, 3.05) is 7.11 Å². The molecule has 0 aliphatic heterocycles. The van der Waals surface area contributed by atoms with E-state index in [0.717, 1.165) is 29.7 Å². The lowest BCUT2D eigenvalue weighted by Crippen LogP contribution is -2.05. The van der Waals surface area contributed by atoms with Crippen LogP contribution < -0.4 is 4.74 Å². The quantitative estimate of drug-likeness (QED) is 0.558. The first-order chi connectivity index (χ1) is 7.23. The molecule has 0 aromatic heterocycles. The van der Waals surface area contributed by atoms with E-state index in [1.807, 2.05) is 25.1 Å². The average Bonchev–Trinajstić information content (AvgIpc) is 3.00. The highest BCUT2D eigenvalue weighted by atomic mass is 16.5. The normalized spacial score (nSPS) is 16.7. The van der Waals surface area contributed by atoms with E-state index in [1.165, 1.54) is 0 Å². The summed E-state index contributed by atoms with van der Waals surface area (Å²) in [4.78, 5) is 14.3. The van der Waals surface area contributed by atoms with Gasteiger partial charge in [0.1, 0.15) is 5.75 Å². The van der Waals surface area contributed by atoms with Gasteiger partial charge in [-0.05, 0) is 37.0 Å². The van der Waals surface area contributed by atoms with Crippen LogP contribution in [0.15, 0.2) is 23.2 Å². The Kier molecular flexibility index (Phi) is 2.33. The number of aliphatic imine (C=N–C) groups is 1. The van der Waals surface area contributed by atoms with Gasteiger partial charge in [-0.15, -0.1) is 0 Å². The smallest absolute Gasteiger partial charge is 0.235 e. The number of hydrogen-bond donors (Lipinski definition) is 0. The number of carbonyl (C=O) groups excluding carboxylic acids is 1. The fourth-order valence-corrected chi connectivity index (χ4v) is 1.99. The van der Waals surface area contributed by atoms with Gasteiger partial charge in [0.2, 0.25) is 6.08 Å². The maximum atomic E-state index is 10.4. The van der Waals surface area contributed by atoms with Crippen LogP contribution in [0.2, 0.25) is 0 Å². The summed E-state index contributed by atoms with van der Waals surface area (Å²) >= 11 is 0. The Hall–Kier alpha value is -1.60. The third kappa shape index (κ3) is 1.55. The molecule has 0 spiro atoms. The molecule has 3 nitrogen and oxygen atoms in total. The molecule has 0 unspecified atom stereocenters. The lowest BCUT2D eigenvalue weighted by Gasteiger charge is -2.14. The molecule has 3 heteroatoms. The lowest BCUT2D eigenvalue weighted by molar-refractivity contribution is 0.410. The van der Waals surface area contributed by atoms with E-state index in [2.05, 4.69) is 4.99 Å². The standard InChI is InChI=1S/C12H13NO2/c1-9-10(4-3-5-11(9)15-2)12(6-7-12)13-8-14/h3-5H,6-7H2,1-2H3. The molecule has 0 atom stereocenters. The molecule has 1 saturated carbocycles. The van der Waals surface area contributed by atoms with Crippen LogP contribution >= 0.6 is 0 Å². The molecular formula is C12H13NO2. The fraction of sp³-hybridized carbons (Fsp3) is 0.417. The molecule has 0 bridgehead atoms. The van der Waals surface area contributed by atoms with E-state index in [4.69, 9.17) is 4.74 Å². The molecular weight excluding hydrogens is 190 g/mol. The second-order valence-corrected chi connectivity index (χ2v) is 3.87. The monoisotopic (exact) mass is 203 g/mol. The summed E-state index contributed by atoms with van der Waals surface area (Å²) in [5.74, 6) is 0.847. The van der Waals surface area contributed by atoms with E-state index < -0.39 is 0 Å². The maximum absolute atomic E-state index is 10.4. The van der Waals surface area contributed by atoms with E-state index in [-0.39, 0.29) is 5.54 Å². The third-order valence-electron chi connectivity index (χ3n) is 2.99. The Labute approximate surface area is 88.8 Å². The number of isocyanates is 1. The van der Waals surface area contributed by atoms with Crippen LogP contribution in [0.3, 0.4) is 0 Å². The molecule has 1 aliphatic rings. The average molecular weight is 203 g/mol. The Bertz CT molecular complexity index is 429. The fourth-order valence-electron chi connectivity index (χ4n) is 1.99. The molecule has 0 heterocycles. The van der Waals surface area contributed by atoms with Crippen molar-refractivity contribution in [2.45, 2.75) is 25.3 Å². The first kappa shape index (κ1) is 9.94. The molecule has 1 aromatic carbocycles. The number of hydrogen-bond acceptors (Lipinski definition) is 3. The van der Waals surface area contributed by atoms with Crippen LogP contribution in [0.5, 0.6) is 5.75 Å². The molecule has 2 rings (SSSR count).